The minimum atomic E-state index is -0.262. The molecule has 0 N–H and O–H groups in total. The minimum Gasteiger partial charge on any atom is -0.322 e. The predicted octanol–water partition coefficient (Wildman–Crippen LogP) is 4.83. The molecular formula is C17H16ClFN2. The SMILES string of the molecule is Cc1ccccc1Cn1c(C(C)Cl)nc2ccc(F)cc21. The number of halogens is 2. The van der Waals surface area contributed by atoms with E-state index in [2.05, 4.69) is 24.0 Å². The van der Waals surface area contributed by atoms with Crippen LogP contribution in [0.15, 0.2) is 42.5 Å². The van der Waals surface area contributed by atoms with Crippen molar-refractivity contribution in [1.29, 1.82) is 0 Å². The summed E-state index contributed by atoms with van der Waals surface area (Å²) in [5, 5.41) is -0.232. The van der Waals surface area contributed by atoms with Crippen LogP contribution in [0, 0.1) is 12.7 Å². The average Bonchev–Trinajstić information content (AvgIpc) is 2.80. The Labute approximate surface area is 128 Å². The quantitative estimate of drug-likeness (QED) is 0.634. The summed E-state index contributed by atoms with van der Waals surface area (Å²) in [6.45, 7) is 4.59. The fourth-order valence-corrected chi connectivity index (χ4v) is 2.71. The zero-order chi connectivity index (χ0) is 15.0. The molecule has 0 amide bonds. The second-order valence-corrected chi connectivity index (χ2v) is 5.89. The zero-order valence-electron chi connectivity index (χ0n) is 12.0. The standard InChI is InChI=1S/C17H16ClFN2/c1-11-5-3-4-6-13(11)10-21-16-9-14(19)7-8-15(16)20-17(21)12(2)18/h3-9,12H,10H2,1-2H3. The highest BCUT2D eigenvalue weighted by Gasteiger charge is 2.16. The molecule has 0 radical (unpaired) electrons. The second-order valence-electron chi connectivity index (χ2n) is 5.23. The molecular weight excluding hydrogens is 287 g/mol. The lowest BCUT2D eigenvalue weighted by Crippen LogP contribution is -2.07. The van der Waals surface area contributed by atoms with Gasteiger partial charge in [-0.15, -0.1) is 11.6 Å². The van der Waals surface area contributed by atoms with E-state index in [4.69, 9.17) is 11.6 Å². The van der Waals surface area contributed by atoms with Crippen LogP contribution in [-0.4, -0.2) is 9.55 Å². The molecule has 3 rings (SSSR count). The Hall–Kier alpha value is -1.87. The van der Waals surface area contributed by atoms with Crippen LogP contribution in [0.2, 0.25) is 0 Å². The molecule has 1 atom stereocenters. The van der Waals surface area contributed by atoms with E-state index < -0.39 is 0 Å². The lowest BCUT2D eigenvalue weighted by Gasteiger charge is -2.12. The Kier molecular flexibility index (Phi) is 3.68. The van der Waals surface area contributed by atoms with E-state index in [0.717, 1.165) is 16.9 Å². The number of imidazole rings is 1. The summed E-state index contributed by atoms with van der Waals surface area (Å²) in [5.74, 6) is 0.503. The maximum atomic E-state index is 13.6. The van der Waals surface area contributed by atoms with Crippen molar-refractivity contribution in [2.45, 2.75) is 25.8 Å². The number of hydrogen-bond acceptors (Lipinski definition) is 1. The zero-order valence-corrected chi connectivity index (χ0v) is 12.7. The third-order valence-electron chi connectivity index (χ3n) is 3.69. The summed E-state index contributed by atoms with van der Waals surface area (Å²) in [7, 11) is 0. The van der Waals surface area contributed by atoms with Crippen LogP contribution in [0.3, 0.4) is 0 Å². The van der Waals surface area contributed by atoms with Gasteiger partial charge < -0.3 is 4.57 Å². The second kappa shape index (κ2) is 5.49. The highest BCUT2D eigenvalue weighted by atomic mass is 35.5. The van der Waals surface area contributed by atoms with Gasteiger partial charge >= 0.3 is 0 Å². The first kappa shape index (κ1) is 14.1. The van der Waals surface area contributed by atoms with Crippen LogP contribution in [0.5, 0.6) is 0 Å². The third kappa shape index (κ3) is 2.66. The fourth-order valence-electron chi connectivity index (χ4n) is 2.54. The van der Waals surface area contributed by atoms with Gasteiger partial charge in [-0.2, -0.15) is 0 Å². The molecule has 0 aliphatic carbocycles. The number of fused-ring (bicyclic) bond motifs is 1. The lowest BCUT2D eigenvalue weighted by molar-refractivity contribution is 0.628. The molecule has 2 aromatic carbocycles. The average molecular weight is 303 g/mol. The highest BCUT2D eigenvalue weighted by Crippen LogP contribution is 2.26. The van der Waals surface area contributed by atoms with Gasteiger partial charge in [0, 0.05) is 6.54 Å². The monoisotopic (exact) mass is 302 g/mol. The molecule has 3 aromatic rings. The van der Waals surface area contributed by atoms with E-state index in [-0.39, 0.29) is 11.2 Å². The Bertz CT molecular complexity index is 793. The maximum absolute atomic E-state index is 13.6. The molecule has 0 aliphatic rings. The van der Waals surface area contributed by atoms with Gasteiger partial charge in [-0.1, -0.05) is 24.3 Å². The molecule has 2 nitrogen and oxygen atoms in total. The Morgan fingerprint density at radius 3 is 2.71 bits per heavy atom. The van der Waals surface area contributed by atoms with Crippen molar-refractivity contribution >= 4 is 22.6 Å². The van der Waals surface area contributed by atoms with E-state index in [1.54, 1.807) is 6.07 Å². The Morgan fingerprint density at radius 2 is 2.00 bits per heavy atom. The van der Waals surface area contributed by atoms with Crippen molar-refractivity contribution in [1.82, 2.24) is 9.55 Å². The lowest BCUT2D eigenvalue weighted by atomic mass is 10.1. The smallest absolute Gasteiger partial charge is 0.128 e. The molecule has 108 valence electrons. The first-order chi connectivity index (χ1) is 10.1. The first-order valence-electron chi connectivity index (χ1n) is 6.90. The molecule has 0 saturated heterocycles. The molecule has 0 spiro atoms. The predicted molar refractivity (Wildman–Crippen MR) is 84.2 cm³/mol. The summed E-state index contributed by atoms with van der Waals surface area (Å²) in [5.41, 5.74) is 3.93. The molecule has 0 saturated carbocycles. The van der Waals surface area contributed by atoms with Crippen LogP contribution in [0.25, 0.3) is 11.0 Å². The topological polar surface area (TPSA) is 17.8 Å². The summed E-state index contributed by atoms with van der Waals surface area (Å²) >= 11 is 6.25. The number of aryl methyl sites for hydroxylation is 1. The van der Waals surface area contributed by atoms with Gasteiger partial charge in [-0.05, 0) is 43.2 Å². The number of aromatic nitrogens is 2. The van der Waals surface area contributed by atoms with Gasteiger partial charge in [0.2, 0.25) is 0 Å². The van der Waals surface area contributed by atoms with Crippen molar-refractivity contribution in [3.05, 3.63) is 65.2 Å². The van der Waals surface area contributed by atoms with Gasteiger partial charge in [0.15, 0.2) is 0 Å². The van der Waals surface area contributed by atoms with E-state index in [1.807, 2.05) is 23.6 Å². The summed E-state index contributed by atoms with van der Waals surface area (Å²) < 4.78 is 15.6. The van der Waals surface area contributed by atoms with Gasteiger partial charge in [-0.25, -0.2) is 9.37 Å². The van der Waals surface area contributed by atoms with E-state index in [0.29, 0.717) is 6.54 Å². The third-order valence-corrected chi connectivity index (χ3v) is 3.88. The molecule has 1 unspecified atom stereocenters. The summed E-state index contributed by atoms with van der Waals surface area (Å²) in [6, 6.07) is 12.8. The number of alkyl halides is 1. The molecule has 4 heteroatoms. The number of nitrogens with zero attached hydrogens (tertiary/aromatic N) is 2. The van der Waals surface area contributed by atoms with Crippen LogP contribution >= 0.6 is 11.6 Å². The minimum absolute atomic E-state index is 0.232. The molecule has 1 aromatic heterocycles. The van der Waals surface area contributed by atoms with Crippen LogP contribution in [0.4, 0.5) is 4.39 Å². The van der Waals surface area contributed by atoms with Crippen molar-refractivity contribution in [2.24, 2.45) is 0 Å². The summed E-state index contributed by atoms with van der Waals surface area (Å²) in [4.78, 5) is 4.54. The van der Waals surface area contributed by atoms with Crippen molar-refractivity contribution in [2.75, 3.05) is 0 Å². The maximum Gasteiger partial charge on any atom is 0.128 e. The molecule has 0 bridgehead atoms. The Morgan fingerprint density at radius 1 is 1.24 bits per heavy atom. The molecule has 21 heavy (non-hydrogen) atoms. The summed E-state index contributed by atoms with van der Waals surface area (Å²) in [6.07, 6.45) is 0. The van der Waals surface area contributed by atoms with Gasteiger partial charge in [-0.3, -0.25) is 0 Å². The highest BCUT2D eigenvalue weighted by molar-refractivity contribution is 6.20. The van der Waals surface area contributed by atoms with Crippen molar-refractivity contribution in [3.8, 4) is 0 Å². The first-order valence-corrected chi connectivity index (χ1v) is 7.34. The molecule has 0 fully saturated rings. The van der Waals surface area contributed by atoms with Gasteiger partial charge in [0.05, 0.1) is 16.4 Å². The largest absolute Gasteiger partial charge is 0.322 e. The van der Waals surface area contributed by atoms with Crippen LogP contribution in [-0.2, 0) is 6.54 Å². The Balaban J connectivity index is 2.17. The van der Waals surface area contributed by atoms with Crippen molar-refractivity contribution < 1.29 is 4.39 Å². The van der Waals surface area contributed by atoms with Gasteiger partial charge in [0.1, 0.15) is 11.6 Å². The van der Waals surface area contributed by atoms with Gasteiger partial charge in [0.25, 0.3) is 0 Å². The van der Waals surface area contributed by atoms with Crippen molar-refractivity contribution in [3.63, 3.8) is 0 Å². The fraction of sp³-hybridized carbons (Fsp3) is 0.235. The van der Waals surface area contributed by atoms with Crippen LogP contribution in [0.1, 0.15) is 29.3 Å². The molecule has 1 heterocycles. The number of hydrogen-bond donors (Lipinski definition) is 0. The molecule has 0 aliphatic heterocycles. The van der Waals surface area contributed by atoms with Crippen LogP contribution < -0.4 is 0 Å². The van der Waals surface area contributed by atoms with E-state index in [9.17, 15) is 4.39 Å². The van der Waals surface area contributed by atoms with E-state index in [1.165, 1.54) is 23.3 Å². The van der Waals surface area contributed by atoms with E-state index >= 15 is 0 Å². The number of benzene rings is 2. The normalized spacial score (nSPS) is 12.8. The number of rotatable bonds is 3.